The number of aromatic nitrogens is 2. The van der Waals surface area contributed by atoms with Crippen molar-refractivity contribution >= 4 is 11.5 Å². The number of nitrogens with one attached hydrogen (secondary N) is 1. The van der Waals surface area contributed by atoms with E-state index in [9.17, 15) is 0 Å². The number of nitrogens with two attached hydrogens (primary N) is 1. The molecule has 0 aromatic carbocycles. The Morgan fingerprint density at radius 3 is 3.13 bits per heavy atom. The predicted molar refractivity (Wildman–Crippen MR) is 59.9 cm³/mol. The smallest absolute Gasteiger partial charge is 0.142 e. The highest BCUT2D eigenvalue weighted by Gasteiger charge is 2.17. The molecule has 84 valence electrons. The number of nitrogen functional groups attached to an aromatic ring is 1. The Morgan fingerprint density at radius 2 is 2.53 bits per heavy atom. The standard InChI is InChI=1S/C10H18N4O/c1-14(9-6-12-13-10(9)11)7-8-4-2-3-5-15-8/h6,8H,2-5,7H2,1H3,(H3,11,12,13). The lowest BCUT2D eigenvalue weighted by atomic mass is 10.1. The van der Waals surface area contributed by atoms with Gasteiger partial charge in [0.05, 0.1) is 18.0 Å². The Bertz CT molecular complexity index is 306. The topological polar surface area (TPSA) is 67.2 Å². The molecule has 0 amide bonds. The van der Waals surface area contributed by atoms with E-state index in [1.54, 1.807) is 6.20 Å². The minimum absolute atomic E-state index is 0.332. The van der Waals surface area contributed by atoms with Crippen molar-refractivity contribution in [2.24, 2.45) is 0 Å². The summed E-state index contributed by atoms with van der Waals surface area (Å²) in [7, 11) is 2.01. The maximum Gasteiger partial charge on any atom is 0.142 e. The molecular weight excluding hydrogens is 192 g/mol. The van der Waals surface area contributed by atoms with Gasteiger partial charge in [0.1, 0.15) is 5.82 Å². The molecule has 0 saturated carbocycles. The van der Waals surface area contributed by atoms with Crippen LogP contribution in [0.1, 0.15) is 19.3 Å². The monoisotopic (exact) mass is 210 g/mol. The molecule has 3 N–H and O–H groups in total. The molecule has 1 saturated heterocycles. The Morgan fingerprint density at radius 1 is 1.67 bits per heavy atom. The fraction of sp³-hybridized carbons (Fsp3) is 0.700. The molecule has 1 aromatic rings. The van der Waals surface area contributed by atoms with Crippen LogP contribution in [0.3, 0.4) is 0 Å². The van der Waals surface area contributed by atoms with Crippen molar-refractivity contribution in [3.63, 3.8) is 0 Å². The summed E-state index contributed by atoms with van der Waals surface area (Å²) < 4.78 is 5.67. The summed E-state index contributed by atoms with van der Waals surface area (Å²) in [5.41, 5.74) is 6.69. The first-order chi connectivity index (χ1) is 7.27. The second-order valence-electron chi connectivity index (χ2n) is 4.04. The summed E-state index contributed by atoms with van der Waals surface area (Å²) in [5.74, 6) is 0.619. The van der Waals surface area contributed by atoms with Gasteiger partial charge in [0.25, 0.3) is 0 Å². The highest BCUT2D eigenvalue weighted by Crippen LogP contribution is 2.21. The fourth-order valence-corrected chi connectivity index (χ4v) is 1.95. The first-order valence-electron chi connectivity index (χ1n) is 5.39. The van der Waals surface area contributed by atoms with Crippen LogP contribution in [-0.2, 0) is 4.74 Å². The Kier molecular flexibility index (Phi) is 3.11. The lowest BCUT2D eigenvalue weighted by molar-refractivity contribution is 0.0216. The van der Waals surface area contributed by atoms with E-state index in [1.165, 1.54) is 12.8 Å². The highest BCUT2D eigenvalue weighted by molar-refractivity contribution is 5.61. The molecule has 1 atom stereocenters. The molecule has 5 nitrogen and oxygen atoms in total. The molecule has 0 radical (unpaired) electrons. The largest absolute Gasteiger partial charge is 0.382 e. The molecule has 2 heterocycles. The van der Waals surface area contributed by atoms with Crippen LogP contribution >= 0.6 is 0 Å². The summed E-state index contributed by atoms with van der Waals surface area (Å²) in [5, 5.41) is 6.64. The van der Waals surface area contributed by atoms with E-state index in [2.05, 4.69) is 15.1 Å². The molecular formula is C10H18N4O. The first kappa shape index (κ1) is 10.3. The number of anilines is 2. The van der Waals surface area contributed by atoms with E-state index in [0.29, 0.717) is 11.9 Å². The summed E-state index contributed by atoms with van der Waals surface area (Å²) >= 11 is 0. The van der Waals surface area contributed by atoms with E-state index >= 15 is 0 Å². The van der Waals surface area contributed by atoms with Crippen molar-refractivity contribution in [1.29, 1.82) is 0 Å². The van der Waals surface area contributed by atoms with Gasteiger partial charge < -0.3 is 15.4 Å². The van der Waals surface area contributed by atoms with Crippen molar-refractivity contribution in [3.05, 3.63) is 6.20 Å². The number of aromatic amines is 1. The molecule has 0 aliphatic carbocycles. The third kappa shape index (κ3) is 2.41. The van der Waals surface area contributed by atoms with Gasteiger partial charge in [0, 0.05) is 20.2 Å². The summed E-state index contributed by atoms with van der Waals surface area (Å²) in [6.45, 7) is 1.77. The number of H-pyrrole nitrogens is 1. The number of ether oxygens (including phenoxy) is 1. The van der Waals surface area contributed by atoms with Gasteiger partial charge >= 0.3 is 0 Å². The fourth-order valence-electron chi connectivity index (χ4n) is 1.95. The number of rotatable bonds is 3. The van der Waals surface area contributed by atoms with Gasteiger partial charge in [-0.3, -0.25) is 5.10 Å². The van der Waals surface area contributed by atoms with Gasteiger partial charge in [0.15, 0.2) is 0 Å². The number of hydrogen-bond acceptors (Lipinski definition) is 4. The van der Waals surface area contributed by atoms with Crippen molar-refractivity contribution in [3.8, 4) is 0 Å². The molecule has 1 aromatic heterocycles. The zero-order chi connectivity index (χ0) is 10.7. The maximum atomic E-state index is 5.75. The molecule has 0 spiro atoms. The average Bonchev–Trinajstić information content (AvgIpc) is 2.66. The van der Waals surface area contributed by atoms with Crippen molar-refractivity contribution < 1.29 is 4.74 Å². The van der Waals surface area contributed by atoms with E-state index in [0.717, 1.165) is 25.3 Å². The maximum absolute atomic E-state index is 5.75. The number of likely N-dealkylation sites (N-methyl/N-ethyl adjacent to an activating group) is 1. The SMILES string of the molecule is CN(CC1CCCCO1)c1cn[nH]c1N. The second-order valence-corrected chi connectivity index (χ2v) is 4.04. The zero-order valence-electron chi connectivity index (χ0n) is 9.07. The number of nitrogens with zero attached hydrogens (tertiary/aromatic N) is 2. The van der Waals surface area contributed by atoms with Crippen LogP contribution in [0, 0.1) is 0 Å². The van der Waals surface area contributed by atoms with Crippen LogP contribution in [0.25, 0.3) is 0 Å². The van der Waals surface area contributed by atoms with Crippen LogP contribution in [0.2, 0.25) is 0 Å². The molecule has 2 rings (SSSR count). The van der Waals surface area contributed by atoms with Crippen molar-refractivity contribution in [2.45, 2.75) is 25.4 Å². The van der Waals surface area contributed by atoms with E-state index in [1.807, 2.05) is 7.05 Å². The minimum Gasteiger partial charge on any atom is -0.382 e. The molecule has 15 heavy (non-hydrogen) atoms. The molecule has 1 aliphatic rings. The summed E-state index contributed by atoms with van der Waals surface area (Å²) in [6, 6.07) is 0. The highest BCUT2D eigenvalue weighted by atomic mass is 16.5. The van der Waals surface area contributed by atoms with Gasteiger partial charge in [-0.05, 0) is 19.3 Å². The van der Waals surface area contributed by atoms with E-state index in [4.69, 9.17) is 10.5 Å². The third-order valence-electron chi connectivity index (χ3n) is 2.81. The lowest BCUT2D eigenvalue weighted by Gasteiger charge is -2.28. The van der Waals surface area contributed by atoms with Crippen LogP contribution < -0.4 is 10.6 Å². The van der Waals surface area contributed by atoms with Crippen LogP contribution in [0.15, 0.2) is 6.20 Å². The van der Waals surface area contributed by atoms with Crippen LogP contribution in [0.4, 0.5) is 11.5 Å². The molecule has 0 bridgehead atoms. The van der Waals surface area contributed by atoms with Gasteiger partial charge in [-0.15, -0.1) is 0 Å². The van der Waals surface area contributed by atoms with Gasteiger partial charge in [-0.2, -0.15) is 5.10 Å². The minimum atomic E-state index is 0.332. The normalized spacial score (nSPS) is 21.5. The Labute approximate surface area is 89.6 Å². The number of hydrogen-bond donors (Lipinski definition) is 2. The second kappa shape index (κ2) is 4.53. The Balaban J connectivity index is 1.91. The quantitative estimate of drug-likeness (QED) is 0.781. The molecule has 1 aliphatic heterocycles. The van der Waals surface area contributed by atoms with Crippen LogP contribution in [-0.4, -0.2) is 36.5 Å². The van der Waals surface area contributed by atoms with E-state index in [-0.39, 0.29) is 0 Å². The van der Waals surface area contributed by atoms with Crippen molar-refractivity contribution in [2.75, 3.05) is 30.8 Å². The van der Waals surface area contributed by atoms with Gasteiger partial charge in [-0.25, -0.2) is 0 Å². The first-order valence-corrected chi connectivity index (χ1v) is 5.39. The predicted octanol–water partition coefficient (Wildman–Crippen LogP) is 0.997. The van der Waals surface area contributed by atoms with Crippen LogP contribution in [0.5, 0.6) is 0 Å². The zero-order valence-corrected chi connectivity index (χ0v) is 9.07. The Hall–Kier alpha value is -1.23. The molecule has 1 fully saturated rings. The molecule has 5 heteroatoms. The molecule has 1 unspecified atom stereocenters. The van der Waals surface area contributed by atoms with E-state index < -0.39 is 0 Å². The van der Waals surface area contributed by atoms with Crippen molar-refractivity contribution in [1.82, 2.24) is 10.2 Å². The third-order valence-corrected chi connectivity index (χ3v) is 2.81. The van der Waals surface area contributed by atoms with Gasteiger partial charge in [-0.1, -0.05) is 0 Å². The summed E-state index contributed by atoms with van der Waals surface area (Å²) in [4.78, 5) is 2.09. The average molecular weight is 210 g/mol. The summed E-state index contributed by atoms with van der Waals surface area (Å²) in [6.07, 6.45) is 5.67. The van der Waals surface area contributed by atoms with Gasteiger partial charge in [0.2, 0.25) is 0 Å². The lowest BCUT2D eigenvalue weighted by Crippen LogP contribution is -2.33.